The van der Waals surface area contributed by atoms with E-state index in [1.807, 2.05) is 0 Å². The Balaban J connectivity index is 3.25. The molecule has 0 aliphatic carbocycles. The Labute approximate surface area is 132 Å². The largest absolute Gasteiger partial charge is 0.462 e. The zero-order chi connectivity index (χ0) is 19.9. The van der Waals surface area contributed by atoms with Gasteiger partial charge in [0.05, 0.1) is 0 Å². The molecule has 0 bridgehead atoms. The highest BCUT2D eigenvalue weighted by Crippen LogP contribution is 2.51. The molecule has 148 valence electrons. The molecule has 0 aromatic carbocycles. The van der Waals surface area contributed by atoms with Gasteiger partial charge in [0.15, 0.2) is 0 Å². The fourth-order valence-corrected chi connectivity index (χ4v) is 1.93. The van der Waals surface area contributed by atoms with Gasteiger partial charge in [-0.05, 0) is 19.3 Å². The Kier molecular flexibility index (Phi) is 5.58. The predicted molar refractivity (Wildman–Crippen MR) is 57.4 cm³/mol. The van der Waals surface area contributed by atoms with Crippen molar-refractivity contribution in [1.82, 2.24) is 4.90 Å². The first-order valence-electron chi connectivity index (χ1n) is 6.55. The number of nitrogens with zero attached hydrogens (tertiary/aromatic N) is 1. The fraction of sp³-hybridized carbons (Fsp3) is 0.909. The maximum Gasteiger partial charge on any atom is 0.462 e. The van der Waals surface area contributed by atoms with Crippen LogP contribution in [0.25, 0.3) is 0 Å². The average molecular weight is 397 g/mol. The van der Waals surface area contributed by atoms with Crippen molar-refractivity contribution in [1.29, 1.82) is 0 Å². The number of hydrogen-bond donors (Lipinski definition) is 0. The van der Waals surface area contributed by atoms with Crippen molar-refractivity contribution < 1.29 is 57.8 Å². The Morgan fingerprint density at radius 3 is 1.52 bits per heavy atom. The van der Waals surface area contributed by atoms with E-state index in [1.165, 1.54) is 0 Å². The molecular formula is C11H10F11NO2. The third kappa shape index (κ3) is 3.92. The van der Waals surface area contributed by atoms with E-state index in [-0.39, 0.29) is 17.7 Å². The van der Waals surface area contributed by atoms with E-state index in [2.05, 4.69) is 4.74 Å². The fourth-order valence-electron chi connectivity index (χ4n) is 1.93. The van der Waals surface area contributed by atoms with Crippen molar-refractivity contribution in [2.24, 2.45) is 0 Å². The molecule has 1 heterocycles. The lowest BCUT2D eigenvalue weighted by Gasteiger charge is -2.37. The highest BCUT2D eigenvalue weighted by atomic mass is 19.4. The Bertz CT molecular complexity index is 495. The van der Waals surface area contributed by atoms with E-state index in [4.69, 9.17) is 0 Å². The lowest BCUT2D eigenvalue weighted by Crippen LogP contribution is -2.64. The maximum atomic E-state index is 14.0. The molecule has 1 saturated heterocycles. The van der Waals surface area contributed by atoms with Gasteiger partial charge < -0.3 is 4.90 Å². The van der Waals surface area contributed by atoms with Gasteiger partial charge in [-0.15, -0.1) is 0 Å². The Hall–Kier alpha value is -1.34. The second-order valence-corrected chi connectivity index (χ2v) is 5.14. The van der Waals surface area contributed by atoms with Crippen LogP contribution in [0.5, 0.6) is 0 Å². The van der Waals surface area contributed by atoms with Crippen LogP contribution in [-0.2, 0) is 9.53 Å². The van der Waals surface area contributed by atoms with Crippen LogP contribution >= 0.6 is 0 Å². The second-order valence-electron chi connectivity index (χ2n) is 5.14. The first-order chi connectivity index (χ1) is 11.0. The van der Waals surface area contributed by atoms with Crippen molar-refractivity contribution in [3.8, 4) is 0 Å². The molecule has 0 unspecified atom stereocenters. The van der Waals surface area contributed by atoms with Crippen molar-refractivity contribution in [3.63, 3.8) is 0 Å². The topological polar surface area (TPSA) is 29.5 Å². The molecule has 1 amide bonds. The predicted octanol–water partition coefficient (Wildman–Crippen LogP) is 4.03. The quantitative estimate of drug-likeness (QED) is 0.671. The molecule has 0 aromatic heterocycles. The first kappa shape index (κ1) is 21.7. The van der Waals surface area contributed by atoms with E-state index >= 15 is 0 Å². The molecule has 0 N–H and O–H groups in total. The number of amides is 1. The Morgan fingerprint density at radius 1 is 0.720 bits per heavy atom. The summed E-state index contributed by atoms with van der Waals surface area (Å²) < 4.78 is 142. The molecular weight excluding hydrogens is 387 g/mol. The summed E-state index contributed by atoms with van der Waals surface area (Å²) in [6, 6.07) is 0. The van der Waals surface area contributed by atoms with E-state index in [0.29, 0.717) is 6.42 Å². The van der Waals surface area contributed by atoms with Crippen LogP contribution in [-0.4, -0.2) is 54.1 Å². The Morgan fingerprint density at radius 2 is 1.16 bits per heavy atom. The van der Waals surface area contributed by atoms with Gasteiger partial charge in [-0.2, -0.15) is 48.3 Å². The zero-order valence-corrected chi connectivity index (χ0v) is 12.0. The molecule has 25 heavy (non-hydrogen) atoms. The number of rotatable bonds is 4. The standard InChI is InChI=1S/C11H10F11NO2/c12-7(9(15,16)17,6(24)23-4-2-1-3-5-23)25-11(21,22)8(13,14)10(18,19)20/h1-5H2/t7-/m1/s1. The second kappa shape index (κ2) is 6.43. The molecule has 3 nitrogen and oxygen atoms in total. The maximum absolute atomic E-state index is 14.0. The minimum atomic E-state index is -7.18. The van der Waals surface area contributed by atoms with Crippen LogP contribution < -0.4 is 0 Å². The number of carbonyl (C=O) groups excluding carboxylic acids is 1. The molecule has 0 radical (unpaired) electrons. The van der Waals surface area contributed by atoms with Gasteiger partial charge in [0.1, 0.15) is 0 Å². The van der Waals surface area contributed by atoms with Crippen LogP contribution in [0, 0.1) is 0 Å². The number of halogens is 11. The van der Waals surface area contributed by atoms with Gasteiger partial charge >= 0.3 is 30.2 Å². The van der Waals surface area contributed by atoms with Crippen molar-refractivity contribution in [3.05, 3.63) is 0 Å². The number of carbonyl (C=O) groups is 1. The van der Waals surface area contributed by atoms with E-state index in [9.17, 15) is 53.1 Å². The summed E-state index contributed by atoms with van der Waals surface area (Å²) in [5, 5.41) is 0. The van der Waals surface area contributed by atoms with E-state index < -0.39 is 49.2 Å². The van der Waals surface area contributed by atoms with Crippen molar-refractivity contribution in [2.45, 2.75) is 49.5 Å². The number of piperidine rings is 1. The van der Waals surface area contributed by atoms with E-state index in [0.717, 1.165) is 0 Å². The van der Waals surface area contributed by atoms with Crippen LogP contribution in [0.15, 0.2) is 0 Å². The van der Waals surface area contributed by atoms with Crippen LogP contribution in [0.4, 0.5) is 48.3 Å². The van der Waals surface area contributed by atoms with Crippen LogP contribution in [0.1, 0.15) is 19.3 Å². The van der Waals surface area contributed by atoms with Gasteiger partial charge in [-0.1, -0.05) is 0 Å². The molecule has 1 atom stereocenters. The summed E-state index contributed by atoms with van der Waals surface area (Å²) in [7, 11) is 0. The van der Waals surface area contributed by atoms with E-state index in [1.54, 1.807) is 0 Å². The third-order valence-electron chi connectivity index (χ3n) is 3.27. The first-order valence-corrected chi connectivity index (χ1v) is 6.55. The molecule has 0 aromatic rings. The normalized spacial score (nSPS) is 20.4. The molecule has 14 heteroatoms. The monoisotopic (exact) mass is 397 g/mol. The lowest BCUT2D eigenvalue weighted by molar-refractivity contribution is -0.473. The highest BCUT2D eigenvalue weighted by molar-refractivity contribution is 5.84. The van der Waals surface area contributed by atoms with Gasteiger partial charge in [0.25, 0.3) is 5.91 Å². The molecule has 1 aliphatic rings. The number of likely N-dealkylation sites (tertiary alicyclic amines) is 1. The number of hydrogen-bond acceptors (Lipinski definition) is 2. The third-order valence-corrected chi connectivity index (χ3v) is 3.27. The molecule has 0 spiro atoms. The average Bonchev–Trinajstić information content (AvgIpc) is 2.44. The molecule has 1 fully saturated rings. The summed E-state index contributed by atoms with van der Waals surface area (Å²) >= 11 is 0. The highest BCUT2D eigenvalue weighted by Gasteiger charge is 2.79. The summed E-state index contributed by atoms with van der Waals surface area (Å²) in [5.74, 6) is -16.1. The lowest BCUT2D eigenvalue weighted by atomic mass is 10.1. The minimum Gasteiger partial charge on any atom is -0.337 e. The molecule has 1 aliphatic heterocycles. The van der Waals surface area contributed by atoms with Gasteiger partial charge in [0.2, 0.25) is 0 Å². The van der Waals surface area contributed by atoms with Gasteiger partial charge in [-0.25, -0.2) is 0 Å². The van der Waals surface area contributed by atoms with Crippen LogP contribution in [0.3, 0.4) is 0 Å². The minimum absolute atomic E-state index is 0.0504. The van der Waals surface area contributed by atoms with Crippen molar-refractivity contribution in [2.75, 3.05) is 13.1 Å². The molecule has 1 rings (SSSR count). The number of alkyl halides is 11. The van der Waals surface area contributed by atoms with Gasteiger partial charge in [0, 0.05) is 13.1 Å². The number of ether oxygens (including phenoxy) is 1. The summed E-state index contributed by atoms with van der Waals surface area (Å²) in [5.41, 5.74) is 0. The van der Waals surface area contributed by atoms with Crippen molar-refractivity contribution >= 4 is 5.91 Å². The van der Waals surface area contributed by atoms with Crippen LogP contribution in [0.2, 0.25) is 0 Å². The smallest absolute Gasteiger partial charge is 0.337 e. The summed E-state index contributed by atoms with van der Waals surface area (Å²) in [4.78, 5) is 11.6. The van der Waals surface area contributed by atoms with Gasteiger partial charge in [-0.3, -0.25) is 9.53 Å². The summed E-state index contributed by atoms with van der Waals surface area (Å²) in [6.45, 7) is -1.07. The molecule has 0 saturated carbocycles. The summed E-state index contributed by atoms with van der Waals surface area (Å²) in [6.07, 6.45) is -20.2. The SMILES string of the molecule is O=C(N1CCCCC1)[C@@](F)(OC(F)(F)C(F)(F)C(F)(F)F)C(F)(F)F. The zero-order valence-electron chi connectivity index (χ0n) is 12.0.